The third-order valence-corrected chi connectivity index (χ3v) is 4.37. The Kier molecular flexibility index (Phi) is 4.27. The molecule has 0 aliphatic carbocycles. The van der Waals surface area contributed by atoms with Gasteiger partial charge in [0.25, 0.3) is 0 Å². The molecule has 0 spiro atoms. The highest BCUT2D eigenvalue weighted by Gasteiger charge is 2.17. The summed E-state index contributed by atoms with van der Waals surface area (Å²) in [5, 5.41) is 0.491. The number of ketones is 1. The summed E-state index contributed by atoms with van der Waals surface area (Å²) in [4.78, 5) is 39.4. The number of hydrogen-bond acceptors (Lipinski definition) is 4. The topological polar surface area (TPSA) is 81.2 Å². The summed E-state index contributed by atoms with van der Waals surface area (Å²) in [6.45, 7) is 3.36. The molecule has 3 rings (SSSR count). The van der Waals surface area contributed by atoms with Gasteiger partial charge in [-0.2, -0.15) is 0 Å². The highest BCUT2D eigenvalue weighted by Crippen LogP contribution is 2.14. The average Bonchev–Trinajstić information content (AvgIpc) is 2.87. The minimum Gasteiger partial charge on any atom is -0.453 e. The van der Waals surface area contributed by atoms with E-state index in [1.807, 2.05) is 25.5 Å². The number of para-hydroxylation sites is 1. The first-order valence-corrected chi connectivity index (χ1v) is 7.84. The van der Waals surface area contributed by atoms with Gasteiger partial charge in [0.15, 0.2) is 12.0 Å². The van der Waals surface area contributed by atoms with Crippen LogP contribution in [0.4, 0.5) is 0 Å². The number of H-pyrrole nitrogens is 1. The van der Waals surface area contributed by atoms with Crippen molar-refractivity contribution in [3.8, 4) is 0 Å². The molecule has 1 N–H and O–H groups in total. The summed E-state index contributed by atoms with van der Waals surface area (Å²) < 4.78 is 6.98. The van der Waals surface area contributed by atoms with Crippen LogP contribution in [0.15, 0.2) is 41.2 Å². The van der Waals surface area contributed by atoms with E-state index in [0.29, 0.717) is 16.5 Å². The van der Waals surface area contributed by atoms with E-state index >= 15 is 0 Å². The summed E-state index contributed by atoms with van der Waals surface area (Å²) in [6.07, 6.45) is 0. The number of rotatable bonds is 4. The molecule has 0 atom stereocenters. The maximum atomic E-state index is 12.3. The number of aryl methyl sites for hydroxylation is 1. The predicted octanol–water partition coefficient (Wildman–Crippen LogP) is 2.52. The molecule has 2 heterocycles. The largest absolute Gasteiger partial charge is 0.453 e. The van der Waals surface area contributed by atoms with Crippen molar-refractivity contribution in [2.24, 2.45) is 7.05 Å². The van der Waals surface area contributed by atoms with Crippen LogP contribution in [0.3, 0.4) is 0 Å². The fraction of sp³-hybridized carbons (Fsp3) is 0.211. The molecule has 25 heavy (non-hydrogen) atoms. The standard InChI is InChI=1S/C19H18N2O4/c1-11-8-14(12(2)21(11)3)18(23)10-25-19(24)16-9-17(22)13-6-4-5-7-15(13)20-16/h4-9H,10H2,1-3H3,(H,20,22). The van der Waals surface area contributed by atoms with Crippen molar-refractivity contribution in [1.29, 1.82) is 0 Å². The zero-order valence-electron chi connectivity index (χ0n) is 14.3. The lowest BCUT2D eigenvalue weighted by atomic mass is 10.1. The van der Waals surface area contributed by atoms with Gasteiger partial charge < -0.3 is 14.3 Å². The third kappa shape index (κ3) is 3.10. The summed E-state index contributed by atoms with van der Waals surface area (Å²) in [5.74, 6) is -1.01. The van der Waals surface area contributed by atoms with Crippen molar-refractivity contribution in [1.82, 2.24) is 9.55 Å². The van der Waals surface area contributed by atoms with Crippen LogP contribution in [0.2, 0.25) is 0 Å². The van der Waals surface area contributed by atoms with Crippen LogP contribution in [0, 0.1) is 13.8 Å². The molecule has 0 aliphatic heterocycles. The number of benzene rings is 1. The number of ether oxygens (including phenoxy) is 1. The number of pyridine rings is 1. The lowest BCUT2D eigenvalue weighted by molar-refractivity contribution is 0.0469. The van der Waals surface area contributed by atoms with Crippen molar-refractivity contribution in [3.05, 3.63) is 69.3 Å². The average molecular weight is 338 g/mol. The van der Waals surface area contributed by atoms with Crippen LogP contribution < -0.4 is 5.43 Å². The van der Waals surface area contributed by atoms with Gasteiger partial charge >= 0.3 is 5.97 Å². The SMILES string of the molecule is Cc1cc(C(=O)COC(=O)c2cc(=O)c3ccccc3[nH]2)c(C)n1C. The van der Waals surface area contributed by atoms with Gasteiger partial charge in [0.05, 0.1) is 0 Å². The Morgan fingerprint density at radius 1 is 1.16 bits per heavy atom. The van der Waals surface area contributed by atoms with Gasteiger partial charge in [-0.05, 0) is 32.0 Å². The predicted molar refractivity (Wildman–Crippen MR) is 94.1 cm³/mol. The van der Waals surface area contributed by atoms with E-state index in [9.17, 15) is 14.4 Å². The Hall–Kier alpha value is -3.15. The maximum absolute atomic E-state index is 12.3. The Morgan fingerprint density at radius 2 is 1.88 bits per heavy atom. The lowest BCUT2D eigenvalue weighted by Crippen LogP contribution is -2.17. The first kappa shape index (κ1) is 16.7. The molecular formula is C19H18N2O4. The Balaban J connectivity index is 1.77. The number of aromatic amines is 1. The normalized spacial score (nSPS) is 10.8. The van der Waals surface area contributed by atoms with E-state index in [0.717, 1.165) is 11.4 Å². The Labute approximate surface area is 144 Å². The van der Waals surface area contributed by atoms with Gasteiger partial charge in [-0.25, -0.2) is 4.79 Å². The fourth-order valence-corrected chi connectivity index (χ4v) is 2.73. The summed E-state index contributed by atoms with van der Waals surface area (Å²) in [5.41, 5.74) is 2.59. The molecule has 1 aromatic carbocycles. The number of nitrogens with one attached hydrogen (secondary N) is 1. The zero-order chi connectivity index (χ0) is 18.1. The zero-order valence-corrected chi connectivity index (χ0v) is 14.3. The van der Waals surface area contributed by atoms with E-state index < -0.39 is 5.97 Å². The highest BCUT2D eigenvalue weighted by atomic mass is 16.5. The molecular weight excluding hydrogens is 320 g/mol. The van der Waals surface area contributed by atoms with E-state index in [2.05, 4.69) is 4.98 Å². The van der Waals surface area contributed by atoms with Gasteiger partial charge in [-0.1, -0.05) is 12.1 Å². The van der Waals surface area contributed by atoms with E-state index in [1.54, 1.807) is 30.3 Å². The van der Waals surface area contributed by atoms with Crippen molar-refractivity contribution >= 4 is 22.7 Å². The van der Waals surface area contributed by atoms with Crippen LogP contribution in [0.1, 0.15) is 32.2 Å². The molecule has 0 saturated heterocycles. The van der Waals surface area contributed by atoms with Crippen LogP contribution in [-0.4, -0.2) is 27.9 Å². The molecule has 3 aromatic rings. The number of carbonyl (C=O) groups is 2. The second-order valence-corrected chi connectivity index (χ2v) is 5.94. The van der Waals surface area contributed by atoms with Gasteiger partial charge in [0, 0.05) is 41.0 Å². The van der Waals surface area contributed by atoms with Crippen molar-refractivity contribution < 1.29 is 14.3 Å². The van der Waals surface area contributed by atoms with Crippen molar-refractivity contribution in [2.75, 3.05) is 6.61 Å². The van der Waals surface area contributed by atoms with E-state index in [1.165, 1.54) is 6.07 Å². The molecule has 6 nitrogen and oxygen atoms in total. The molecule has 128 valence electrons. The molecule has 2 aromatic heterocycles. The van der Waals surface area contributed by atoms with Gasteiger partial charge in [-0.15, -0.1) is 0 Å². The highest BCUT2D eigenvalue weighted by molar-refractivity contribution is 6.00. The van der Waals surface area contributed by atoms with Crippen LogP contribution >= 0.6 is 0 Å². The molecule has 0 aliphatic rings. The molecule has 0 fully saturated rings. The number of Topliss-reactive ketones (excluding diaryl/α,β-unsaturated/α-hetero) is 1. The number of nitrogens with zero attached hydrogens (tertiary/aromatic N) is 1. The minimum atomic E-state index is -0.735. The van der Waals surface area contributed by atoms with E-state index in [-0.39, 0.29) is 23.5 Å². The summed E-state index contributed by atoms with van der Waals surface area (Å²) in [6, 6.07) is 9.84. The number of aromatic nitrogens is 2. The number of fused-ring (bicyclic) bond motifs is 1. The summed E-state index contributed by atoms with van der Waals surface area (Å²) in [7, 11) is 1.87. The molecule has 0 unspecified atom stereocenters. The quantitative estimate of drug-likeness (QED) is 0.585. The smallest absolute Gasteiger partial charge is 0.355 e. The maximum Gasteiger partial charge on any atom is 0.355 e. The first-order valence-electron chi connectivity index (χ1n) is 7.84. The van der Waals surface area contributed by atoms with Crippen molar-refractivity contribution in [3.63, 3.8) is 0 Å². The molecule has 6 heteroatoms. The van der Waals surface area contributed by atoms with Gasteiger partial charge in [-0.3, -0.25) is 9.59 Å². The van der Waals surface area contributed by atoms with Crippen LogP contribution in [0.25, 0.3) is 10.9 Å². The van der Waals surface area contributed by atoms with Gasteiger partial charge in [0.1, 0.15) is 5.69 Å². The minimum absolute atomic E-state index is 0.0254. The Morgan fingerprint density at radius 3 is 2.56 bits per heavy atom. The molecule has 0 bridgehead atoms. The summed E-state index contributed by atoms with van der Waals surface area (Å²) >= 11 is 0. The van der Waals surface area contributed by atoms with E-state index in [4.69, 9.17) is 4.74 Å². The lowest BCUT2D eigenvalue weighted by Gasteiger charge is -2.06. The molecule has 0 amide bonds. The first-order chi connectivity index (χ1) is 11.9. The second kappa shape index (κ2) is 6.39. The second-order valence-electron chi connectivity index (χ2n) is 5.94. The third-order valence-electron chi connectivity index (χ3n) is 4.37. The number of carbonyl (C=O) groups excluding carboxylic acids is 2. The van der Waals surface area contributed by atoms with Gasteiger partial charge in [0.2, 0.25) is 5.78 Å². The monoisotopic (exact) mass is 338 g/mol. The fourth-order valence-electron chi connectivity index (χ4n) is 2.73. The number of esters is 1. The molecule has 0 radical (unpaired) electrons. The molecule has 0 saturated carbocycles. The van der Waals surface area contributed by atoms with Crippen molar-refractivity contribution in [2.45, 2.75) is 13.8 Å². The van der Waals surface area contributed by atoms with Crippen LogP contribution in [0.5, 0.6) is 0 Å². The number of hydrogen-bond donors (Lipinski definition) is 1. The van der Waals surface area contributed by atoms with Crippen LogP contribution in [-0.2, 0) is 11.8 Å². The Bertz CT molecular complexity index is 1040.